The number of nitrogens with one attached hydrogen (secondary N) is 1. The Bertz CT molecular complexity index is 1160. The summed E-state index contributed by atoms with van der Waals surface area (Å²) >= 11 is 0. The van der Waals surface area contributed by atoms with Crippen LogP contribution in [0.2, 0.25) is 0 Å². The monoisotopic (exact) mass is 468 g/mol. The molecule has 3 aliphatic heterocycles. The third-order valence-corrected chi connectivity index (χ3v) is 9.03. The molecule has 3 heterocycles. The number of carbonyl (C=O) groups is 2. The number of aromatic hydroxyl groups is 1. The van der Waals surface area contributed by atoms with Crippen molar-refractivity contribution >= 4 is 11.9 Å². The van der Waals surface area contributed by atoms with Gasteiger partial charge in [0.25, 0.3) is 5.91 Å². The molecular formula is C25H28N2O7. The fourth-order valence-corrected chi connectivity index (χ4v) is 7.24. The van der Waals surface area contributed by atoms with Gasteiger partial charge in [0.1, 0.15) is 11.8 Å². The van der Waals surface area contributed by atoms with E-state index < -0.39 is 35.0 Å². The highest BCUT2D eigenvalue weighted by Crippen LogP contribution is 2.66. The smallest absolute Gasteiger partial charge is 0.328 e. The van der Waals surface area contributed by atoms with E-state index in [0.717, 1.165) is 24.2 Å². The van der Waals surface area contributed by atoms with E-state index in [4.69, 9.17) is 9.47 Å². The molecule has 1 amide bonds. The number of amides is 1. The van der Waals surface area contributed by atoms with E-state index in [1.54, 1.807) is 6.07 Å². The lowest BCUT2D eigenvalue weighted by molar-refractivity contribution is -0.172. The molecule has 1 spiro atoms. The maximum absolute atomic E-state index is 13.3. The fourth-order valence-electron chi connectivity index (χ4n) is 7.24. The van der Waals surface area contributed by atoms with Gasteiger partial charge in [0.05, 0.1) is 23.2 Å². The van der Waals surface area contributed by atoms with Gasteiger partial charge in [0.15, 0.2) is 17.6 Å². The average Bonchev–Trinajstić information content (AvgIpc) is 3.42. The first kappa shape index (κ1) is 20.6. The molecule has 0 radical (unpaired) electrons. The number of esters is 1. The molecule has 180 valence electrons. The van der Waals surface area contributed by atoms with Crippen LogP contribution in [0.15, 0.2) is 23.5 Å². The molecule has 1 aromatic rings. The first-order chi connectivity index (χ1) is 16.3. The Morgan fingerprint density at radius 1 is 1.24 bits per heavy atom. The van der Waals surface area contributed by atoms with Crippen molar-refractivity contribution in [3.63, 3.8) is 0 Å². The standard InChI is InChI=1S/C25H28N2O7/c28-16-4-3-13-9-17-25(32)10-14(22(30)26-15-5-8-33-23(15)31)19(29)21-24(25,18(13)20(16)34-21)6-7-27(17)11-12-1-2-12/h3-4,12,15,17,21,28-29,32H,1-2,5-11H2,(H,26,30)/t15-,17-,21+,24+,25-/m1/s1. The largest absolute Gasteiger partial charge is 0.508 e. The molecule has 2 saturated heterocycles. The summed E-state index contributed by atoms with van der Waals surface area (Å²) in [7, 11) is 0. The van der Waals surface area contributed by atoms with Crippen LogP contribution in [-0.4, -0.2) is 75.6 Å². The highest BCUT2D eigenvalue weighted by molar-refractivity contribution is 5.97. The number of hydrogen-bond donors (Lipinski definition) is 4. The Labute approximate surface area is 196 Å². The summed E-state index contributed by atoms with van der Waals surface area (Å²) in [6, 6.07) is 2.48. The van der Waals surface area contributed by atoms with E-state index in [9.17, 15) is 24.9 Å². The van der Waals surface area contributed by atoms with E-state index in [-0.39, 0.29) is 36.2 Å². The number of nitrogens with zero attached hydrogens (tertiary/aromatic N) is 1. The molecule has 34 heavy (non-hydrogen) atoms. The minimum absolute atomic E-state index is 0.0313. The first-order valence-corrected chi connectivity index (χ1v) is 12.2. The zero-order chi connectivity index (χ0) is 23.4. The Hall–Kier alpha value is -2.78. The molecule has 9 heteroatoms. The molecule has 1 saturated carbocycles. The van der Waals surface area contributed by atoms with Crippen LogP contribution in [0.25, 0.3) is 0 Å². The number of aliphatic hydroxyl groups excluding tert-OH is 1. The van der Waals surface area contributed by atoms with Gasteiger partial charge < -0.3 is 30.1 Å². The average molecular weight is 469 g/mol. The van der Waals surface area contributed by atoms with Gasteiger partial charge in [-0.15, -0.1) is 0 Å². The fraction of sp³-hybridized carbons (Fsp3) is 0.600. The first-order valence-electron chi connectivity index (χ1n) is 12.2. The lowest BCUT2D eigenvalue weighted by Gasteiger charge is -2.62. The number of ether oxygens (including phenoxy) is 2. The van der Waals surface area contributed by atoms with Crippen molar-refractivity contribution < 1.29 is 34.4 Å². The van der Waals surface area contributed by atoms with Crippen molar-refractivity contribution in [3.05, 3.63) is 34.6 Å². The van der Waals surface area contributed by atoms with Gasteiger partial charge in [-0.1, -0.05) is 6.07 Å². The number of carbonyl (C=O) groups excluding carboxylic acids is 2. The summed E-state index contributed by atoms with van der Waals surface area (Å²) in [6.07, 6.45) is 2.86. The van der Waals surface area contributed by atoms with Crippen LogP contribution in [0.5, 0.6) is 11.5 Å². The highest BCUT2D eigenvalue weighted by Gasteiger charge is 2.73. The maximum atomic E-state index is 13.3. The Kier molecular flexibility index (Phi) is 4.03. The van der Waals surface area contributed by atoms with E-state index >= 15 is 0 Å². The molecule has 7 rings (SSSR count). The summed E-state index contributed by atoms with van der Waals surface area (Å²) in [5, 5.41) is 37.2. The van der Waals surface area contributed by atoms with E-state index in [2.05, 4.69) is 10.2 Å². The zero-order valence-electron chi connectivity index (χ0n) is 18.7. The SMILES string of the molecule is O=C(N[C@@H]1CCOC1=O)C1=C(O)[C@@H]2Oc3c(O)ccc4c3[C@@]23CCN(CC2CC2)[C@H](C4)[C@]3(O)C1. The van der Waals surface area contributed by atoms with Crippen molar-refractivity contribution in [1.29, 1.82) is 0 Å². The van der Waals surface area contributed by atoms with Crippen LogP contribution in [0.4, 0.5) is 0 Å². The maximum Gasteiger partial charge on any atom is 0.328 e. The van der Waals surface area contributed by atoms with Gasteiger partial charge >= 0.3 is 5.97 Å². The highest BCUT2D eigenvalue weighted by atomic mass is 16.5. The molecule has 2 bridgehead atoms. The predicted molar refractivity (Wildman–Crippen MR) is 117 cm³/mol. The number of benzene rings is 1. The molecule has 0 unspecified atom stereocenters. The van der Waals surface area contributed by atoms with Gasteiger partial charge in [0.2, 0.25) is 0 Å². The van der Waals surface area contributed by atoms with Crippen molar-refractivity contribution in [2.45, 2.75) is 67.7 Å². The summed E-state index contributed by atoms with van der Waals surface area (Å²) in [6.45, 7) is 1.89. The molecule has 9 nitrogen and oxygen atoms in total. The molecule has 3 aliphatic carbocycles. The van der Waals surface area contributed by atoms with Crippen LogP contribution in [0.1, 0.15) is 43.2 Å². The number of likely N-dealkylation sites (tertiary alicyclic amines) is 1. The van der Waals surface area contributed by atoms with Gasteiger partial charge in [-0.3, -0.25) is 9.69 Å². The predicted octanol–water partition coefficient (Wildman–Crippen LogP) is 0.810. The molecule has 6 aliphatic rings. The summed E-state index contributed by atoms with van der Waals surface area (Å²) in [5.41, 5.74) is -0.490. The number of phenolic OH excluding ortho intramolecular Hbond substituents is 1. The van der Waals surface area contributed by atoms with Crippen molar-refractivity contribution in [1.82, 2.24) is 10.2 Å². The second-order valence-electron chi connectivity index (χ2n) is 10.8. The van der Waals surface area contributed by atoms with Crippen molar-refractivity contribution in [3.8, 4) is 11.5 Å². The third kappa shape index (κ3) is 2.46. The minimum atomic E-state index is -1.37. The lowest BCUT2D eigenvalue weighted by Crippen LogP contribution is -2.75. The number of rotatable bonds is 4. The number of cyclic esters (lactones) is 1. The third-order valence-electron chi connectivity index (χ3n) is 9.03. The molecule has 0 aromatic heterocycles. The summed E-state index contributed by atoms with van der Waals surface area (Å²) in [5.74, 6) is -0.423. The van der Waals surface area contributed by atoms with Crippen LogP contribution in [0.3, 0.4) is 0 Å². The molecule has 4 N–H and O–H groups in total. The van der Waals surface area contributed by atoms with Gasteiger partial charge in [0, 0.05) is 31.0 Å². The van der Waals surface area contributed by atoms with Crippen molar-refractivity contribution in [2.24, 2.45) is 5.92 Å². The summed E-state index contributed by atoms with van der Waals surface area (Å²) < 4.78 is 11.1. The van der Waals surface area contributed by atoms with Crippen LogP contribution in [-0.2, 0) is 26.2 Å². The number of piperidine rings is 1. The molecule has 5 atom stereocenters. The van der Waals surface area contributed by atoms with Gasteiger partial charge in [-0.05, 0) is 49.8 Å². The second-order valence-corrected chi connectivity index (χ2v) is 10.8. The number of phenols is 1. The topological polar surface area (TPSA) is 129 Å². The van der Waals surface area contributed by atoms with Crippen LogP contribution in [0, 0.1) is 5.92 Å². The van der Waals surface area contributed by atoms with Crippen LogP contribution < -0.4 is 10.1 Å². The van der Waals surface area contributed by atoms with E-state index in [1.807, 2.05) is 6.07 Å². The molecule has 3 fully saturated rings. The minimum Gasteiger partial charge on any atom is -0.508 e. The number of aliphatic hydroxyl groups is 2. The Balaban J connectivity index is 1.35. The van der Waals surface area contributed by atoms with Gasteiger partial charge in [-0.25, -0.2) is 4.79 Å². The normalized spacial score (nSPS) is 37.8. The van der Waals surface area contributed by atoms with Crippen LogP contribution >= 0.6 is 0 Å². The second kappa shape index (κ2) is 6.66. The Morgan fingerprint density at radius 3 is 2.79 bits per heavy atom. The summed E-state index contributed by atoms with van der Waals surface area (Å²) in [4.78, 5) is 27.5. The molecular weight excluding hydrogens is 440 g/mol. The zero-order valence-corrected chi connectivity index (χ0v) is 18.7. The van der Waals surface area contributed by atoms with Crippen molar-refractivity contribution in [2.75, 3.05) is 19.7 Å². The number of hydrogen-bond acceptors (Lipinski definition) is 8. The van der Waals surface area contributed by atoms with Gasteiger partial charge in [-0.2, -0.15) is 0 Å². The van der Waals surface area contributed by atoms with E-state index in [1.165, 1.54) is 12.8 Å². The Morgan fingerprint density at radius 2 is 2.06 bits per heavy atom. The van der Waals surface area contributed by atoms with E-state index in [0.29, 0.717) is 30.9 Å². The quantitative estimate of drug-likeness (QED) is 0.478. The molecule has 1 aromatic carbocycles. The lowest BCUT2D eigenvalue weighted by atomic mass is 9.49.